The molecule has 1 aromatic carbocycles. The molecule has 94 valence electrons. The zero-order valence-corrected chi connectivity index (χ0v) is 9.62. The highest BCUT2D eigenvalue weighted by molar-refractivity contribution is 6.58. The molecule has 1 aromatic rings. The molecule has 6 heteroatoms. The second kappa shape index (κ2) is 6.56. The van der Waals surface area contributed by atoms with Crippen LogP contribution in [0.1, 0.15) is 26.2 Å². The minimum atomic E-state index is -2.03. The number of hydrogen-bond acceptors (Lipinski definition) is 3. The first kappa shape index (κ1) is 13.9. The van der Waals surface area contributed by atoms with Crippen LogP contribution in [0.2, 0.25) is 0 Å². The Hall–Kier alpha value is -1.14. The van der Waals surface area contributed by atoms with E-state index >= 15 is 0 Å². The molecule has 0 saturated heterocycles. The van der Waals surface area contributed by atoms with Gasteiger partial charge in [-0.25, -0.2) is 4.39 Å². The minimum absolute atomic E-state index is 0.206. The molecule has 0 atom stereocenters. The third kappa shape index (κ3) is 3.68. The standard InChI is InChI=1S/C11H15BF2O3/c1-2-3-4-7-17-9-6-5-8(12(15)16)10(13)11(9)14/h5-6,15-16H,2-4,7H2,1H3. The second-order valence-electron chi connectivity index (χ2n) is 3.71. The van der Waals surface area contributed by atoms with Crippen molar-refractivity contribution < 1.29 is 23.6 Å². The van der Waals surface area contributed by atoms with Gasteiger partial charge >= 0.3 is 7.12 Å². The minimum Gasteiger partial charge on any atom is -0.490 e. The molecular weight excluding hydrogens is 229 g/mol. The van der Waals surface area contributed by atoms with Gasteiger partial charge in [-0.15, -0.1) is 0 Å². The van der Waals surface area contributed by atoms with E-state index in [1.54, 1.807) is 0 Å². The first-order valence-corrected chi connectivity index (χ1v) is 5.54. The lowest BCUT2D eigenvalue weighted by Gasteiger charge is -2.09. The highest BCUT2D eigenvalue weighted by atomic mass is 19.2. The summed E-state index contributed by atoms with van der Waals surface area (Å²) in [7, 11) is -2.03. The van der Waals surface area contributed by atoms with E-state index in [0.717, 1.165) is 25.3 Å². The topological polar surface area (TPSA) is 49.7 Å². The summed E-state index contributed by atoms with van der Waals surface area (Å²) in [6.07, 6.45) is 2.73. The van der Waals surface area contributed by atoms with Crippen LogP contribution in [0, 0.1) is 11.6 Å². The van der Waals surface area contributed by atoms with Crippen molar-refractivity contribution in [3.05, 3.63) is 23.8 Å². The van der Waals surface area contributed by atoms with Crippen molar-refractivity contribution in [2.75, 3.05) is 6.61 Å². The van der Waals surface area contributed by atoms with Crippen LogP contribution in [0.5, 0.6) is 5.75 Å². The number of benzene rings is 1. The smallest absolute Gasteiger partial charge is 0.490 e. The van der Waals surface area contributed by atoms with Crippen molar-refractivity contribution in [2.45, 2.75) is 26.2 Å². The summed E-state index contributed by atoms with van der Waals surface area (Å²) < 4.78 is 31.8. The summed E-state index contributed by atoms with van der Waals surface area (Å²) in [6, 6.07) is 2.29. The molecule has 3 nitrogen and oxygen atoms in total. The van der Waals surface area contributed by atoms with Crippen LogP contribution in [0.3, 0.4) is 0 Å². The van der Waals surface area contributed by atoms with E-state index in [1.807, 2.05) is 6.92 Å². The van der Waals surface area contributed by atoms with E-state index in [-0.39, 0.29) is 5.75 Å². The molecule has 0 bridgehead atoms. The van der Waals surface area contributed by atoms with Crippen LogP contribution in [0.4, 0.5) is 8.78 Å². The van der Waals surface area contributed by atoms with E-state index < -0.39 is 24.2 Å². The molecule has 0 amide bonds. The molecule has 0 aliphatic heterocycles. The average Bonchev–Trinajstić information content (AvgIpc) is 2.29. The second-order valence-corrected chi connectivity index (χ2v) is 3.71. The maximum Gasteiger partial charge on any atom is 0.491 e. The number of halogens is 2. The summed E-state index contributed by atoms with van der Waals surface area (Å²) in [5.41, 5.74) is -0.497. The highest BCUT2D eigenvalue weighted by Gasteiger charge is 2.22. The fourth-order valence-electron chi connectivity index (χ4n) is 1.39. The number of unbranched alkanes of at least 4 members (excludes halogenated alkanes) is 2. The number of hydrogen-bond donors (Lipinski definition) is 2. The average molecular weight is 244 g/mol. The Kier molecular flexibility index (Phi) is 5.38. The lowest BCUT2D eigenvalue weighted by Crippen LogP contribution is -2.33. The van der Waals surface area contributed by atoms with Gasteiger partial charge in [0, 0.05) is 5.46 Å². The summed E-state index contributed by atoms with van der Waals surface area (Å²) in [4.78, 5) is 0. The summed E-state index contributed by atoms with van der Waals surface area (Å²) in [5, 5.41) is 17.5. The van der Waals surface area contributed by atoms with Gasteiger partial charge < -0.3 is 14.8 Å². The van der Waals surface area contributed by atoms with Gasteiger partial charge in [-0.3, -0.25) is 0 Å². The first-order valence-electron chi connectivity index (χ1n) is 5.54. The lowest BCUT2D eigenvalue weighted by atomic mass is 9.80. The van der Waals surface area contributed by atoms with E-state index in [2.05, 4.69) is 0 Å². The molecule has 0 aliphatic rings. The molecule has 0 heterocycles. The van der Waals surface area contributed by atoms with Crippen LogP contribution >= 0.6 is 0 Å². The van der Waals surface area contributed by atoms with Crippen LogP contribution in [-0.2, 0) is 0 Å². The number of rotatable bonds is 6. The normalized spacial score (nSPS) is 10.4. The Bertz CT molecular complexity index is 372. The largest absolute Gasteiger partial charge is 0.491 e. The van der Waals surface area contributed by atoms with Gasteiger partial charge in [-0.05, 0) is 12.5 Å². The van der Waals surface area contributed by atoms with Gasteiger partial charge in [0.25, 0.3) is 0 Å². The Morgan fingerprint density at radius 3 is 2.47 bits per heavy atom. The van der Waals surface area contributed by atoms with Crippen molar-refractivity contribution in [1.82, 2.24) is 0 Å². The van der Waals surface area contributed by atoms with Crippen LogP contribution in [0.25, 0.3) is 0 Å². The van der Waals surface area contributed by atoms with Crippen molar-refractivity contribution in [2.24, 2.45) is 0 Å². The number of ether oxygens (including phenoxy) is 1. The van der Waals surface area contributed by atoms with Gasteiger partial charge in [0.05, 0.1) is 6.61 Å². The quantitative estimate of drug-likeness (QED) is 0.584. The van der Waals surface area contributed by atoms with E-state index in [9.17, 15) is 8.78 Å². The van der Waals surface area contributed by atoms with Crippen LogP contribution < -0.4 is 10.2 Å². The van der Waals surface area contributed by atoms with E-state index in [4.69, 9.17) is 14.8 Å². The SMILES string of the molecule is CCCCCOc1ccc(B(O)O)c(F)c1F. The third-order valence-corrected chi connectivity index (χ3v) is 2.36. The molecule has 0 unspecified atom stereocenters. The molecule has 1 rings (SSSR count). The molecule has 2 N–H and O–H groups in total. The molecular formula is C11H15BF2O3. The maximum absolute atomic E-state index is 13.4. The summed E-state index contributed by atoms with van der Waals surface area (Å²) >= 11 is 0. The van der Waals surface area contributed by atoms with E-state index in [0.29, 0.717) is 6.61 Å². The Morgan fingerprint density at radius 2 is 1.88 bits per heavy atom. The Labute approximate surface area is 99.2 Å². The highest BCUT2D eigenvalue weighted by Crippen LogP contribution is 2.18. The van der Waals surface area contributed by atoms with Crippen molar-refractivity contribution in [1.29, 1.82) is 0 Å². The van der Waals surface area contributed by atoms with E-state index in [1.165, 1.54) is 6.07 Å². The predicted octanol–water partition coefficient (Wildman–Crippen LogP) is 1.21. The monoisotopic (exact) mass is 244 g/mol. The molecule has 0 spiro atoms. The maximum atomic E-state index is 13.4. The predicted molar refractivity (Wildman–Crippen MR) is 61.2 cm³/mol. The fraction of sp³-hybridized carbons (Fsp3) is 0.455. The summed E-state index contributed by atoms with van der Waals surface area (Å²) in [5.74, 6) is -2.68. The molecule has 0 fully saturated rings. The van der Waals surface area contributed by atoms with Gasteiger partial charge in [-0.1, -0.05) is 25.8 Å². The molecule has 17 heavy (non-hydrogen) atoms. The Morgan fingerprint density at radius 1 is 1.18 bits per heavy atom. The third-order valence-electron chi connectivity index (χ3n) is 2.36. The first-order chi connectivity index (χ1) is 8.07. The fourth-order valence-corrected chi connectivity index (χ4v) is 1.39. The van der Waals surface area contributed by atoms with Crippen molar-refractivity contribution in [3.8, 4) is 5.75 Å². The van der Waals surface area contributed by atoms with Gasteiger partial charge in [0.15, 0.2) is 17.4 Å². The Balaban J connectivity index is 2.72. The molecule has 0 aliphatic carbocycles. The zero-order chi connectivity index (χ0) is 12.8. The van der Waals surface area contributed by atoms with Gasteiger partial charge in [0.1, 0.15) is 0 Å². The van der Waals surface area contributed by atoms with Gasteiger partial charge in [0.2, 0.25) is 0 Å². The molecule has 0 radical (unpaired) electrons. The van der Waals surface area contributed by atoms with Gasteiger partial charge in [-0.2, -0.15) is 4.39 Å². The molecule has 0 saturated carbocycles. The van der Waals surface area contributed by atoms with Crippen molar-refractivity contribution in [3.63, 3.8) is 0 Å². The molecule has 0 aromatic heterocycles. The zero-order valence-electron chi connectivity index (χ0n) is 9.62. The summed E-state index contributed by atoms with van der Waals surface area (Å²) in [6.45, 7) is 2.34. The van der Waals surface area contributed by atoms with Crippen LogP contribution in [-0.4, -0.2) is 23.8 Å². The lowest BCUT2D eigenvalue weighted by molar-refractivity contribution is 0.286. The van der Waals surface area contributed by atoms with Crippen LogP contribution in [0.15, 0.2) is 12.1 Å². The van der Waals surface area contributed by atoms with Crippen molar-refractivity contribution >= 4 is 12.6 Å².